The van der Waals surface area contributed by atoms with Crippen molar-refractivity contribution in [3.8, 4) is 0 Å². The molecule has 0 fully saturated rings. The molecule has 30 heavy (non-hydrogen) atoms. The summed E-state index contributed by atoms with van der Waals surface area (Å²) in [6, 6.07) is 6.66. The Kier molecular flexibility index (Phi) is 7.59. The summed E-state index contributed by atoms with van der Waals surface area (Å²) in [7, 11) is 1.63. The number of thiophene rings is 1. The van der Waals surface area contributed by atoms with Gasteiger partial charge < -0.3 is 20.7 Å². The van der Waals surface area contributed by atoms with E-state index in [1.807, 2.05) is 0 Å². The lowest BCUT2D eigenvalue weighted by Crippen LogP contribution is -2.27. The Balaban J connectivity index is 1.77. The standard InChI is InChI=1S/C22H27N3O4S/c1-14(26)24-16-10-8-15(9-11-16)20(27)25-22-19(21(28)23-12-5-13-29-2)17-6-3-4-7-18(17)30-22/h8-11H,3-7,12-13H2,1-2H3,(H,23,28)(H,24,26)(H,25,27). The van der Waals surface area contributed by atoms with E-state index in [1.165, 1.54) is 23.1 Å². The average molecular weight is 430 g/mol. The van der Waals surface area contributed by atoms with Crippen LogP contribution in [0.25, 0.3) is 0 Å². The summed E-state index contributed by atoms with van der Waals surface area (Å²) < 4.78 is 5.03. The lowest BCUT2D eigenvalue weighted by atomic mass is 9.95. The van der Waals surface area contributed by atoms with Crippen LogP contribution < -0.4 is 16.0 Å². The first-order valence-corrected chi connectivity index (χ1v) is 10.9. The van der Waals surface area contributed by atoms with Crippen molar-refractivity contribution < 1.29 is 19.1 Å². The summed E-state index contributed by atoms with van der Waals surface area (Å²) in [6.07, 6.45) is 4.67. The Bertz CT molecular complexity index is 921. The number of anilines is 2. The van der Waals surface area contributed by atoms with Crippen molar-refractivity contribution in [1.82, 2.24) is 5.32 Å². The van der Waals surface area contributed by atoms with Gasteiger partial charge in [0.15, 0.2) is 0 Å². The maximum absolute atomic E-state index is 12.9. The molecule has 1 aliphatic carbocycles. The first kappa shape index (κ1) is 22.0. The van der Waals surface area contributed by atoms with E-state index >= 15 is 0 Å². The molecule has 0 unspecified atom stereocenters. The van der Waals surface area contributed by atoms with Crippen LogP contribution >= 0.6 is 11.3 Å². The average Bonchev–Trinajstić information content (AvgIpc) is 3.09. The molecule has 0 atom stereocenters. The molecule has 160 valence electrons. The van der Waals surface area contributed by atoms with Gasteiger partial charge in [0.2, 0.25) is 5.91 Å². The maximum Gasteiger partial charge on any atom is 0.256 e. The Hall–Kier alpha value is -2.71. The van der Waals surface area contributed by atoms with Gasteiger partial charge in [-0.2, -0.15) is 0 Å². The molecule has 1 heterocycles. The molecule has 0 bridgehead atoms. The lowest BCUT2D eigenvalue weighted by Gasteiger charge is -2.13. The molecule has 3 rings (SSSR count). The number of aryl methyl sites for hydroxylation is 1. The zero-order chi connectivity index (χ0) is 21.5. The summed E-state index contributed by atoms with van der Waals surface area (Å²) >= 11 is 1.49. The number of ether oxygens (including phenoxy) is 1. The van der Waals surface area contributed by atoms with Crippen LogP contribution in [0.1, 0.15) is 57.3 Å². The molecule has 2 aromatic rings. The molecule has 8 heteroatoms. The van der Waals surface area contributed by atoms with E-state index < -0.39 is 0 Å². The monoisotopic (exact) mass is 429 g/mol. The Morgan fingerprint density at radius 1 is 1.03 bits per heavy atom. The molecule has 0 radical (unpaired) electrons. The topological polar surface area (TPSA) is 96.5 Å². The second kappa shape index (κ2) is 10.4. The SMILES string of the molecule is COCCCNC(=O)c1c(NC(=O)c2ccc(NC(C)=O)cc2)sc2c1CCCC2. The Morgan fingerprint density at radius 2 is 1.77 bits per heavy atom. The van der Waals surface area contributed by atoms with Crippen molar-refractivity contribution in [2.75, 3.05) is 30.9 Å². The van der Waals surface area contributed by atoms with Crippen molar-refractivity contribution in [1.29, 1.82) is 0 Å². The number of carbonyl (C=O) groups is 3. The Labute approximate surface area is 180 Å². The van der Waals surface area contributed by atoms with E-state index in [0.717, 1.165) is 37.7 Å². The Morgan fingerprint density at radius 3 is 2.47 bits per heavy atom. The molecule has 3 amide bonds. The van der Waals surface area contributed by atoms with Gasteiger partial charge in [0.25, 0.3) is 11.8 Å². The van der Waals surface area contributed by atoms with Crippen molar-refractivity contribution in [3.63, 3.8) is 0 Å². The van der Waals surface area contributed by atoms with Crippen LogP contribution in [0.2, 0.25) is 0 Å². The van der Waals surface area contributed by atoms with Crippen LogP contribution in [0, 0.1) is 0 Å². The van der Waals surface area contributed by atoms with Gasteiger partial charge in [-0.15, -0.1) is 11.3 Å². The smallest absolute Gasteiger partial charge is 0.256 e. The summed E-state index contributed by atoms with van der Waals surface area (Å²) in [5, 5.41) is 9.15. The number of fused-ring (bicyclic) bond motifs is 1. The number of hydrogen-bond acceptors (Lipinski definition) is 5. The zero-order valence-electron chi connectivity index (χ0n) is 17.3. The second-order valence-electron chi connectivity index (χ2n) is 7.23. The molecular formula is C22H27N3O4S. The van der Waals surface area contributed by atoms with E-state index in [4.69, 9.17) is 4.74 Å². The van der Waals surface area contributed by atoms with Crippen LogP contribution in [0.15, 0.2) is 24.3 Å². The first-order chi connectivity index (χ1) is 14.5. The van der Waals surface area contributed by atoms with Crippen molar-refractivity contribution in [2.45, 2.75) is 39.0 Å². The van der Waals surface area contributed by atoms with Gasteiger partial charge in [-0.3, -0.25) is 14.4 Å². The third-order valence-corrected chi connectivity index (χ3v) is 6.11. The van der Waals surface area contributed by atoms with Gasteiger partial charge >= 0.3 is 0 Å². The number of benzene rings is 1. The van der Waals surface area contributed by atoms with E-state index in [2.05, 4.69) is 16.0 Å². The van der Waals surface area contributed by atoms with Crippen LogP contribution in [-0.4, -0.2) is 38.0 Å². The minimum Gasteiger partial charge on any atom is -0.385 e. The summed E-state index contributed by atoms with van der Waals surface area (Å²) in [5.41, 5.74) is 2.74. The number of hydrogen-bond donors (Lipinski definition) is 3. The number of nitrogens with one attached hydrogen (secondary N) is 3. The number of carbonyl (C=O) groups excluding carboxylic acids is 3. The fourth-order valence-electron chi connectivity index (χ4n) is 3.48. The molecule has 0 saturated heterocycles. The van der Waals surface area contributed by atoms with Crippen LogP contribution in [0.5, 0.6) is 0 Å². The highest BCUT2D eigenvalue weighted by Gasteiger charge is 2.26. The van der Waals surface area contributed by atoms with Gasteiger partial charge in [-0.05, 0) is 61.9 Å². The molecule has 7 nitrogen and oxygen atoms in total. The molecule has 0 spiro atoms. The second-order valence-corrected chi connectivity index (χ2v) is 8.34. The van der Waals surface area contributed by atoms with E-state index in [-0.39, 0.29) is 17.7 Å². The lowest BCUT2D eigenvalue weighted by molar-refractivity contribution is -0.114. The zero-order valence-corrected chi connectivity index (χ0v) is 18.1. The minimum atomic E-state index is -0.281. The van der Waals surface area contributed by atoms with Gasteiger partial charge in [-0.25, -0.2) is 0 Å². The van der Waals surface area contributed by atoms with Crippen molar-refractivity contribution in [3.05, 3.63) is 45.8 Å². The summed E-state index contributed by atoms with van der Waals surface area (Å²) in [6.45, 7) is 2.54. The minimum absolute atomic E-state index is 0.151. The van der Waals surface area contributed by atoms with E-state index in [0.29, 0.717) is 35.0 Å². The predicted molar refractivity (Wildman–Crippen MR) is 118 cm³/mol. The normalized spacial score (nSPS) is 12.7. The molecule has 0 aliphatic heterocycles. The van der Waals surface area contributed by atoms with E-state index in [9.17, 15) is 14.4 Å². The van der Waals surface area contributed by atoms with Gasteiger partial charge in [0, 0.05) is 43.3 Å². The van der Waals surface area contributed by atoms with Crippen LogP contribution in [-0.2, 0) is 22.4 Å². The van der Waals surface area contributed by atoms with Gasteiger partial charge in [0.1, 0.15) is 5.00 Å². The van der Waals surface area contributed by atoms with Crippen molar-refractivity contribution >= 4 is 39.7 Å². The molecule has 1 aliphatic rings. The van der Waals surface area contributed by atoms with Crippen LogP contribution in [0.4, 0.5) is 10.7 Å². The fourth-order valence-corrected chi connectivity index (χ4v) is 4.77. The predicted octanol–water partition coefficient (Wildman–Crippen LogP) is 3.60. The first-order valence-electron chi connectivity index (χ1n) is 10.1. The molecular weight excluding hydrogens is 402 g/mol. The maximum atomic E-state index is 12.9. The van der Waals surface area contributed by atoms with Crippen LogP contribution in [0.3, 0.4) is 0 Å². The quantitative estimate of drug-likeness (QED) is 0.559. The summed E-state index contributed by atoms with van der Waals surface area (Å²) in [5.74, 6) is -0.601. The fraction of sp³-hybridized carbons (Fsp3) is 0.409. The number of methoxy groups -OCH3 is 1. The van der Waals surface area contributed by atoms with E-state index in [1.54, 1.807) is 31.4 Å². The highest BCUT2D eigenvalue weighted by Crippen LogP contribution is 2.38. The molecule has 0 saturated carbocycles. The highest BCUT2D eigenvalue weighted by molar-refractivity contribution is 7.17. The highest BCUT2D eigenvalue weighted by atomic mass is 32.1. The van der Waals surface area contributed by atoms with Crippen molar-refractivity contribution in [2.24, 2.45) is 0 Å². The largest absolute Gasteiger partial charge is 0.385 e. The third-order valence-electron chi connectivity index (χ3n) is 4.90. The molecule has 1 aromatic heterocycles. The number of rotatable bonds is 8. The van der Waals surface area contributed by atoms with Gasteiger partial charge in [0.05, 0.1) is 5.56 Å². The van der Waals surface area contributed by atoms with Gasteiger partial charge in [-0.1, -0.05) is 0 Å². The summed E-state index contributed by atoms with van der Waals surface area (Å²) in [4.78, 5) is 38.0. The third kappa shape index (κ3) is 5.46. The molecule has 1 aromatic carbocycles. The molecule has 3 N–H and O–H groups in total. The number of amides is 3.